The zero-order valence-corrected chi connectivity index (χ0v) is 9.13. The molecule has 0 atom stereocenters. The van der Waals surface area contributed by atoms with Gasteiger partial charge in [-0.15, -0.1) is 4.91 Å². The van der Waals surface area contributed by atoms with Crippen molar-refractivity contribution >= 4 is 39.3 Å². The minimum Gasteiger partial charge on any atom is -0.268 e. The molecule has 2 aromatic rings. The number of nitrogens with zero attached hydrogens (tertiary/aromatic N) is 2. The highest BCUT2D eigenvalue weighted by Gasteiger charge is 2.04. The highest BCUT2D eigenvalue weighted by atomic mass is 127. The van der Waals surface area contributed by atoms with Crippen molar-refractivity contribution in [3.63, 3.8) is 0 Å². The molecule has 0 unspecified atom stereocenters. The number of hydrogen-bond acceptors (Lipinski definition) is 3. The fourth-order valence-corrected chi connectivity index (χ4v) is 1.74. The molecule has 5 heteroatoms. The summed E-state index contributed by atoms with van der Waals surface area (Å²) in [4.78, 5) is 22.1. The summed E-state index contributed by atoms with van der Waals surface area (Å²) in [6.07, 6.45) is 1.61. The Morgan fingerprint density at radius 1 is 1.21 bits per heavy atom. The van der Waals surface area contributed by atoms with E-state index in [1.165, 1.54) is 2.78 Å². The molecule has 0 aliphatic heterocycles. The van der Waals surface area contributed by atoms with Crippen molar-refractivity contribution in [1.29, 1.82) is 0 Å². The molecule has 4 nitrogen and oxygen atoms in total. The van der Waals surface area contributed by atoms with Gasteiger partial charge in [-0.1, -0.05) is 6.07 Å². The predicted molar refractivity (Wildman–Crippen MR) is 63.1 cm³/mol. The monoisotopic (exact) mass is 300 g/mol. The van der Waals surface area contributed by atoms with Crippen LogP contribution in [0.2, 0.25) is 0 Å². The van der Waals surface area contributed by atoms with Crippen LogP contribution in [0, 0.1) is 4.91 Å². The van der Waals surface area contributed by atoms with Gasteiger partial charge in [-0.3, -0.25) is 7.58 Å². The summed E-state index contributed by atoms with van der Waals surface area (Å²) >= 11 is 1.89. The van der Waals surface area contributed by atoms with Crippen molar-refractivity contribution in [3.8, 4) is 0 Å². The Bertz CT molecular complexity index is 562. The summed E-state index contributed by atoms with van der Waals surface area (Å²) in [6, 6.07) is 6.63. The van der Waals surface area contributed by atoms with Crippen LogP contribution in [-0.4, -0.2) is 2.78 Å². The number of aromatic nitrogens is 1. The lowest BCUT2D eigenvalue weighted by Gasteiger charge is -2.00. The Kier molecular flexibility index (Phi) is 2.32. The summed E-state index contributed by atoms with van der Waals surface area (Å²) in [6.45, 7) is 0. The lowest BCUT2D eigenvalue weighted by molar-refractivity contribution is 1.23. The average Bonchev–Trinajstić information content (AvgIpc) is 2.23. The van der Waals surface area contributed by atoms with Gasteiger partial charge >= 0.3 is 0 Å². The van der Waals surface area contributed by atoms with Crippen molar-refractivity contribution in [2.24, 2.45) is 5.18 Å². The van der Waals surface area contributed by atoms with E-state index in [0.29, 0.717) is 16.5 Å². The normalized spacial score (nSPS) is 10.4. The van der Waals surface area contributed by atoms with Crippen molar-refractivity contribution in [2.75, 3.05) is 0 Å². The standard InChI is InChI=1S/C9H5IN2O2/c10-12-5-4-6-7(9(12)13)2-1-3-8(6)11-14/h1-5H. The molecule has 1 heterocycles. The van der Waals surface area contributed by atoms with Crippen molar-refractivity contribution in [3.05, 3.63) is 45.7 Å². The van der Waals surface area contributed by atoms with Gasteiger partial charge in [0.1, 0.15) is 5.69 Å². The molecule has 70 valence electrons. The SMILES string of the molecule is O=Nc1cccc2c(=O)n(I)ccc12. The van der Waals surface area contributed by atoms with Crippen LogP contribution < -0.4 is 5.56 Å². The second-order valence-corrected chi connectivity index (χ2v) is 3.80. The highest BCUT2D eigenvalue weighted by molar-refractivity contribution is 14.1. The van der Waals surface area contributed by atoms with Crippen LogP contribution >= 0.6 is 22.9 Å². The Morgan fingerprint density at radius 3 is 2.71 bits per heavy atom. The third-order valence-electron chi connectivity index (χ3n) is 1.98. The molecule has 0 amide bonds. The van der Waals surface area contributed by atoms with Gasteiger partial charge in [-0.05, 0) is 23.4 Å². The average molecular weight is 300 g/mol. The van der Waals surface area contributed by atoms with E-state index >= 15 is 0 Å². The van der Waals surface area contributed by atoms with E-state index in [-0.39, 0.29) is 5.56 Å². The van der Waals surface area contributed by atoms with Crippen molar-refractivity contribution in [1.82, 2.24) is 2.78 Å². The summed E-state index contributed by atoms with van der Waals surface area (Å²) in [5.41, 5.74) is 0.171. The lowest BCUT2D eigenvalue weighted by Crippen LogP contribution is -2.10. The first-order chi connectivity index (χ1) is 6.74. The zero-order valence-electron chi connectivity index (χ0n) is 6.98. The van der Waals surface area contributed by atoms with E-state index in [9.17, 15) is 9.70 Å². The first-order valence-corrected chi connectivity index (χ1v) is 4.84. The maximum absolute atomic E-state index is 11.6. The highest BCUT2D eigenvalue weighted by Crippen LogP contribution is 2.23. The number of halogens is 1. The molecule has 0 bridgehead atoms. The van der Waals surface area contributed by atoms with E-state index in [4.69, 9.17) is 0 Å². The smallest absolute Gasteiger partial charge is 0.267 e. The van der Waals surface area contributed by atoms with E-state index in [1.807, 2.05) is 22.9 Å². The van der Waals surface area contributed by atoms with Crippen LogP contribution in [0.3, 0.4) is 0 Å². The lowest BCUT2D eigenvalue weighted by atomic mass is 10.1. The Labute approximate surface area is 93.0 Å². The summed E-state index contributed by atoms with van der Waals surface area (Å²) < 4.78 is 1.44. The van der Waals surface area contributed by atoms with Gasteiger partial charge in [0.25, 0.3) is 5.56 Å². The summed E-state index contributed by atoms with van der Waals surface area (Å²) in [7, 11) is 0. The minimum atomic E-state index is -0.131. The molecule has 0 aliphatic rings. The maximum atomic E-state index is 11.6. The summed E-state index contributed by atoms with van der Waals surface area (Å²) in [5, 5.41) is 3.98. The number of pyridine rings is 1. The van der Waals surface area contributed by atoms with E-state index < -0.39 is 0 Å². The van der Waals surface area contributed by atoms with E-state index in [0.717, 1.165) is 0 Å². The number of hydrogen-bond donors (Lipinski definition) is 0. The Hall–Kier alpha value is -1.24. The molecule has 0 spiro atoms. The zero-order chi connectivity index (χ0) is 10.1. The number of rotatable bonds is 1. The summed E-state index contributed by atoms with van der Waals surface area (Å²) in [5.74, 6) is 0. The van der Waals surface area contributed by atoms with Gasteiger partial charge in [0.2, 0.25) is 0 Å². The van der Waals surface area contributed by atoms with Crippen LogP contribution in [-0.2, 0) is 0 Å². The number of fused-ring (bicyclic) bond motifs is 1. The predicted octanol–water partition coefficient (Wildman–Crippen LogP) is 2.60. The number of nitroso groups, excluding NO2 is 1. The molecule has 2 rings (SSSR count). The van der Waals surface area contributed by atoms with E-state index in [2.05, 4.69) is 5.18 Å². The Balaban J connectivity index is 3.00. The third-order valence-corrected chi connectivity index (χ3v) is 2.74. The number of benzene rings is 1. The molecule has 14 heavy (non-hydrogen) atoms. The molecular formula is C9H5IN2O2. The molecule has 0 fully saturated rings. The second-order valence-electron chi connectivity index (χ2n) is 2.76. The van der Waals surface area contributed by atoms with Gasteiger partial charge < -0.3 is 0 Å². The topological polar surface area (TPSA) is 51.4 Å². The molecule has 0 aliphatic carbocycles. The van der Waals surface area contributed by atoms with Crippen LogP contribution in [0.1, 0.15) is 0 Å². The van der Waals surface area contributed by atoms with Crippen LogP contribution in [0.25, 0.3) is 10.8 Å². The molecule has 1 aromatic carbocycles. The van der Waals surface area contributed by atoms with Crippen LogP contribution in [0.15, 0.2) is 40.4 Å². The quantitative estimate of drug-likeness (QED) is 0.600. The molecule has 0 N–H and O–H groups in total. The largest absolute Gasteiger partial charge is 0.268 e. The van der Waals surface area contributed by atoms with Crippen LogP contribution in [0.4, 0.5) is 5.69 Å². The fraction of sp³-hybridized carbons (Fsp3) is 0. The molecule has 1 aromatic heterocycles. The minimum absolute atomic E-state index is 0.131. The van der Waals surface area contributed by atoms with Gasteiger partial charge in [0, 0.05) is 11.6 Å². The third kappa shape index (κ3) is 1.33. The molecule has 0 saturated heterocycles. The van der Waals surface area contributed by atoms with Gasteiger partial charge in [0.15, 0.2) is 0 Å². The first-order valence-electron chi connectivity index (χ1n) is 3.88. The van der Waals surface area contributed by atoms with Crippen molar-refractivity contribution in [2.45, 2.75) is 0 Å². The first kappa shape index (κ1) is 9.32. The Morgan fingerprint density at radius 2 is 2.00 bits per heavy atom. The van der Waals surface area contributed by atoms with Gasteiger partial charge in [0.05, 0.1) is 28.3 Å². The molecular weight excluding hydrogens is 295 g/mol. The fourth-order valence-electron chi connectivity index (χ4n) is 1.32. The second kappa shape index (κ2) is 3.49. The van der Waals surface area contributed by atoms with Gasteiger partial charge in [-0.2, -0.15) is 0 Å². The van der Waals surface area contributed by atoms with Crippen molar-refractivity contribution < 1.29 is 0 Å². The van der Waals surface area contributed by atoms with E-state index in [1.54, 1.807) is 30.5 Å². The molecule has 0 radical (unpaired) electrons. The van der Waals surface area contributed by atoms with Gasteiger partial charge in [-0.25, -0.2) is 0 Å². The van der Waals surface area contributed by atoms with Crippen LogP contribution in [0.5, 0.6) is 0 Å². The maximum Gasteiger partial charge on any atom is 0.267 e. The molecule has 0 saturated carbocycles.